The van der Waals surface area contributed by atoms with Crippen molar-refractivity contribution in [3.05, 3.63) is 29.6 Å². The van der Waals surface area contributed by atoms with Crippen molar-refractivity contribution in [1.29, 1.82) is 0 Å². The number of aromatic nitrogens is 1. The predicted octanol–water partition coefficient (Wildman–Crippen LogP) is 0.643. The van der Waals surface area contributed by atoms with Crippen molar-refractivity contribution < 1.29 is 5.11 Å². The number of likely N-dealkylation sites (N-methyl/N-ethyl adjacent to an activating group) is 1. The van der Waals surface area contributed by atoms with Gasteiger partial charge in [0.05, 0.1) is 12.6 Å². The van der Waals surface area contributed by atoms with E-state index in [0.717, 1.165) is 11.1 Å². The maximum atomic E-state index is 9.02. The minimum Gasteiger partial charge on any atom is -0.394 e. The Bertz CT molecular complexity index is 246. The van der Waals surface area contributed by atoms with Crippen LogP contribution in [0.3, 0.4) is 0 Å². The number of aryl methyl sites for hydroxylation is 1. The monoisotopic (exact) mass is 166 g/mol. The summed E-state index contributed by atoms with van der Waals surface area (Å²) in [5.74, 6) is 0. The number of hydrogen-bond donors (Lipinski definition) is 2. The van der Waals surface area contributed by atoms with Crippen LogP contribution < -0.4 is 5.32 Å². The largest absolute Gasteiger partial charge is 0.394 e. The van der Waals surface area contributed by atoms with E-state index in [2.05, 4.69) is 10.3 Å². The van der Waals surface area contributed by atoms with Gasteiger partial charge in [-0.25, -0.2) is 0 Å². The van der Waals surface area contributed by atoms with Gasteiger partial charge in [-0.1, -0.05) is 0 Å². The standard InChI is InChI=1S/C9H14N2O/c1-7-5-11-4-3-8(7)9(6-12)10-2/h3-5,9-10,12H,6H2,1-2H3/t9-/m1/s1. The van der Waals surface area contributed by atoms with Gasteiger partial charge in [-0.05, 0) is 31.2 Å². The molecule has 1 rings (SSSR count). The molecule has 1 heterocycles. The van der Waals surface area contributed by atoms with Crippen molar-refractivity contribution in [1.82, 2.24) is 10.3 Å². The summed E-state index contributed by atoms with van der Waals surface area (Å²) in [5, 5.41) is 12.1. The molecule has 0 aliphatic carbocycles. The second kappa shape index (κ2) is 4.18. The van der Waals surface area contributed by atoms with Gasteiger partial charge in [-0.15, -0.1) is 0 Å². The summed E-state index contributed by atoms with van der Waals surface area (Å²) < 4.78 is 0. The predicted molar refractivity (Wildman–Crippen MR) is 47.9 cm³/mol. The molecule has 0 unspecified atom stereocenters. The van der Waals surface area contributed by atoms with E-state index in [9.17, 15) is 0 Å². The van der Waals surface area contributed by atoms with E-state index in [1.54, 1.807) is 12.4 Å². The summed E-state index contributed by atoms with van der Waals surface area (Å²) in [5.41, 5.74) is 2.21. The van der Waals surface area contributed by atoms with Gasteiger partial charge in [0.2, 0.25) is 0 Å². The van der Waals surface area contributed by atoms with Crippen LogP contribution in [0.4, 0.5) is 0 Å². The number of nitrogens with zero attached hydrogens (tertiary/aromatic N) is 1. The Morgan fingerprint density at radius 2 is 2.42 bits per heavy atom. The third-order valence-corrected chi connectivity index (χ3v) is 1.97. The van der Waals surface area contributed by atoms with Gasteiger partial charge < -0.3 is 10.4 Å². The Morgan fingerprint density at radius 1 is 1.67 bits per heavy atom. The van der Waals surface area contributed by atoms with E-state index >= 15 is 0 Å². The fraction of sp³-hybridized carbons (Fsp3) is 0.444. The molecular formula is C9H14N2O. The highest BCUT2D eigenvalue weighted by molar-refractivity contribution is 5.25. The fourth-order valence-corrected chi connectivity index (χ4v) is 1.22. The Balaban J connectivity index is 2.92. The Morgan fingerprint density at radius 3 is 2.92 bits per heavy atom. The molecule has 12 heavy (non-hydrogen) atoms. The summed E-state index contributed by atoms with van der Waals surface area (Å²) in [7, 11) is 1.83. The molecule has 66 valence electrons. The van der Waals surface area contributed by atoms with E-state index in [0.29, 0.717) is 0 Å². The molecule has 1 atom stereocenters. The normalized spacial score (nSPS) is 12.9. The molecule has 0 aromatic carbocycles. The van der Waals surface area contributed by atoms with Gasteiger partial charge in [0.15, 0.2) is 0 Å². The molecule has 0 spiro atoms. The van der Waals surface area contributed by atoms with Gasteiger partial charge >= 0.3 is 0 Å². The van der Waals surface area contributed by atoms with Crippen molar-refractivity contribution >= 4 is 0 Å². The van der Waals surface area contributed by atoms with Crippen molar-refractivity contribution in [2.24, 2.45) is 0 Å². The highest BCUT2D eigenvalue weighted by Gasteiger charge is 2.08. The van der Waals surface area contributed by atoms with Crippen LogP contribution in [-0.2, 0) is 0 Å². The van der Waals surface area contributed by atoms with E-state index < -0.39 is 0 Å². The second-order valence-corrected chi connectivity index (χ2v) is 2.76. The molecule has 0 aliphatic heterocycles. The molecule has 2 N–H and O–H groups in total. The van der Waals surface area contributed by atoms with E-state index in [4.69, 9.17) is 5.11 Å². The Hall–Kier alpha value is -0.930. The minimum atomic E-state index is 0.0213. The lowest BCUT2D eigenvalue weighted by Gasteiger charge is -2.15. The van der Waals surface area contributed by atoms with Crippen molar-refractivity contribution in [3.8, 4) is 0 Å². The lowest BCUT2D eigenvalue weighted by Crippen LogP contribution is -2.20. The molecule has 3 heteroatoms. The van der Waals surface area contributed by atoms with Gasteiger partial charge in [-0.3, -0.25) is 4.98 Å². The third-order valence-electron chi connectivity index (χ3n) is 1.97. The van der Waals surface area contributed by atoms with E-state index in [1.165, 1.54) is 0 Å². The van der Waals surface area contributed by atoms with Crippen LogP contribution in [0.1, 0.15) is 17.2 Å². The first-order valence-corrected chi connectivity index (χ1v) is 3.98. The van der Waals surface area contributed by atoms with Gasteiger partial charge in [0, 0.05) is 12.4 Å². The molecule has 3 nitrogen and oxygen atoms in total. The van der Waals surface area contributed by atoms with Crippen molar-refractivity contribution in [2.75, 3.05) is 13.7 Å². The molecule has 1 aromatic heterocycles. The SMILES string of the molecule is CN[C@H](CO)c1ccncc1C. The lowest BCUT2D eigenvalue weighted by molar-refractivity contribution is 0.250. The second-order valence-electron chi connectivity index (χ2n) is 2.76. The first-order valence-electron chi connectivity index (χ1n) is 3.98. The van der Waals surface area contributed by atoms with Crippen molar-refractivity contribution in [2.45, 2.75) is 13.0 Å². The summed E-state index contributed by atoms with van der Waals surface area (Å²) in [6, 6.07) is 1.94. The number of aliphatic hydroxyl groups is 1. The van der Waals surface area contributed by atoms with Gasteiger partial charge in [0.1, 0.15) is 0 Å². The zero-order valence-electron chi connectivity index (χ0n) is 7.41. The molecular weight excluding hydrogens is 152 g/mol. The van der Waals surface area contributed by atoms with Crippen LogP contribution in [0.5, 0.6) is 0 Å². The first-order chi connectivity index (χ1) is 5.79. The topological polar surface area (TPSA) is 45.1 Å². The average molecular weight is 166 g/mol. The Labute approximate surface area is 72.5 Å². The van der Waals surface area contributed by atoms with Crippen LogP contribution in [0.2, 0.25) is 0 Å². The Kier molecular flexibility index (Phi) is 3.19. The molecule has 0 saturated heterocycles. The number of hydrogen-bond acceptors (Lipinski definition) is 3. The minimum absolute atomic E-state index is 0.0213. The molecule has 0 bridgehead atoms. The van der Waals surface area contributed by atoms with E-state index in [-0.39, 0.29) is 12.6 Å². The lowest BCUT2D eigenvalue weighted by atomic mass is 10.0. The summed E-state index contributed by atoms with van der Waals surface area (Å²) in [4.78, 5) is 3.99. The summed E-state index contributed by atoms with van der Waals surface area (Å²) >= 11 is 0. The van der Waals surface area contributed by atoms with Gasteiger partial charge in [-0.2, -0.15) is 0 Å². The number of rotatable bonds is 3. The fourth-order valence-electron chi connectivity index (χ4n) is 1.22. The van der Waals surface area contributed by atoms with E-state index in [1.807, 2.05) is 20.0 Å². The zero-order valence-corrected chi connectivity index (χ0v) is 7.41. The highest BCUT2D eigenvalue weighted by Crippen LogP contribution is 2.14. The molecule has 0 fully saturated rings. The molecule has 0 saturated carbocycles. The van der Waals surface area contributed by atoms with Crippen LogP contribution in [0.25, 0.3) is 0 Å². The van der Waals surface area contributed by atoms with Crippen LogP contribution in [0.15, 0.2) is 18.5 Å². The summed E-state index contributed by atoms with van der Waals surface area (Å²) in [6.45, 7) is 2.10. The maximum absolute atomic E-state index is 9.02. The number of pyridine rings is 1. The quantitative estimate of drug-likeness (QED) is 0.692. The smallest absolute Gasteiger partial charge is 0.0626 e. The summed E-state index contributed by atoms with van der Waals surface area (Å²) in [6.07, 6.45) is 3.54. The third kappa shape index (κ3) is 1.81. The molecule has 0 amide bonds. The van der Waals surface area contributed by atoms with Crippen LogP contribution in [-0.4, -0.2) is 23.7 Å². The first kappa shape index (κ1) is 9.16. The van der Waals surface area contributed by atoms with Crippen molar-refractivity contribution in [3.63, 3.8) is 0 Å². The zero-order chi connectivity index (χ0) is 8.97. The van der Waals surface area contributed by atoms with Crippen LogP contribution in [0, 0.1) is 6.92 Å². The van der Waals surface area contributed by atoms with Gasteiger partial charge in [0.25, 0.3) is 0 Å². The maximum Gasteiger partial charge on any atom is 0.0626 e. The van der Waals surface area contributed by atoms with Crippen LogP contribution >= 0.6 is 0 Å². The molecule has 0 aliphatic rings. The molecule has 1 aromatic rings. The average Bonchev–Trinajstić information content (AvgIpc) is 2.10. The molecule has 0 radical (unpaired) electrons. The highest BCUT2D eigenvalue weighted by atomic mass is 16.3. The number of aliphatic hydroxyl groups excluding tert-OH is 1. The number of nitrogens with one attached hydrogen (secondary N) is 1.